The molecule has 3 atom stereocenters. The molecular weight excluding hydrogens is 452 g/mol. The summed E-state index contributed by atoms with van der Waals surface area (Å²) >= 11 is 0. The maximum atomic E-state index is 15.1. The fraction of sp³-hybridized carbons (Fsp3) is 0.500. The van der Waals surface area contributed by atoms with Crippen molar-refractivity contribution < 1.29 is 22.0 Å². The van der Waals surface area contributed by atoms with Crippen LogP contribution in [0.15, 0.2) is 47.0 Å². The van der Waals surface area contributed by atoms with E-state index in [1.54, 1.807) is 6.92 Å². The van der Waals surface area contributed by atoms with E-state index >= 15 is 4.39 Å². The maximum absolute atomic E-state index is 15.1. The molecule has 2 heterocycles. The molecule has 4 rings (SSSR count). The molecule has 1 saturated carbocycles. The van der Waals surface area contributed by atoms with Gasteiger partial charge in [-0.25, -0.2) is 27.2 Å². The standard InChI is InChI=1S/C22H27F2N5O3S/c1-13-16(28-19(30)17-7-5-14(23)11-27-17)8-6-15(24)18(13)22(26)12-33(31,32)21(20(25)29-22)9-3-2-4-10-21/h5-8,11,13,18H,2-4,9-10,12,26H2,1H3,(H2,25,29)(H,28,30)/t13?,18?,22-/m0/s1. The summed E-state index contributed by atoms with van der Waals surface area (Å²) < 4.78 is 53.8. The predicted molar refractivity (Wildman–Crippen MR) is 120 cm³/mol. The number of sulfone groups is 1. The van der Waals surface area contributed by atoms with Gasteiger partial charge in [0.25, 0.3) is 5.91 Å². The first-order chi connectivity index (χ1) is 15.5. The minimum Gasteiger partial charge on any atom is -0.386 e. The van der Waals surface area contributed by atoms with Crippen molar-refractivity contribution in [2.45, 2.75) is 49.4 Å². The van der Waals surface area contributed by atoms with Gasteiger partial charge in [-0.2, -0.15) is 0 Å². The van der Waals surface area contributed by atoms with Crippen LogP contribution in [0.1, 0.15) is 49.5 Å². The monoisotopic (exact) mass is 479 g/mol. The third-order valence-electron chi connectivity index (χ3n) is 6.94. The molecule has 0 radical (unpaired) electrons. The smallest absolute Gasteiger partial charge is 0.274 e. The molecular formula is C22H27F2N5O3S. The predicted octanol–water partition coefficient (Wildman–Crippen LogP) is 2.10. The molecule has 0 aromatic carbocycles. The van der Waals surface area contributed by atoms with Crippen molar-refractivity contribution in [2.24, 2.45) is 28.3 Å². The minimum absolute atomic E-state index is 0.0275. The van der Waals surface area contributed by atoms with E-state index in [0.717, 1.165) is 37.6 Å². The lowest BCUT2D eigenvalue weighted by Gasteiger charge is -2.47. The van der Waals surface area contributed by atoms with Crippen LogP contribution in [0.3, 0.4) is 0 Å². The van der Waals surface area contributed by atoms with Crippen molar-refractivity contribution in [3.63, 3.8) is 0 Å². The topological polar surface area (TPSA) is 141 Å². The van der Waals surface area contributed by atoms with Gasteiger partial charge < -0.3 is 16.8 Å². The molecule has 1 aromatic rings. The summed E-state index contributed by atoms with van der Waals surface area (Å²) in [5.74, 6) is -4.34. The Kier molecular flexibility index (Phi) is 5.90. The van der Waals surface area contributed by atoms with Gasteiger partial charge in [0.2, 0.25) is 0 Å². The van der Waals surface area contributed by atoms with Gasteiger partial charge in [-0.15, -0.1) is 0 Å². The van der Waals surface area contributed by atoms with E-state index in [1.807, 2.05) is 0 Å². The number of nitrogens with one attached hydrogen (secondary N) is 1. The fourth-order valence-corrected chi connectivity index (χ4v) is 7.59. The van der Waals surface area contributed by atoms with Gasteiger partial charge >= 0.3 is 0 Å². The number of aliphatic imine (C=N–C) groups is 1. The molecule has 5 N–H and O–H groups in total. The Morgan fingerprint density at radius 3 is 2.48 bits per heavy atom. The number of hydrogen-bond acceptors (Lipinski definition) is 7. The van der Waals surface area contributed by atoms with E-state index in [1.165, 1.54) is 12.1 Å². The first-order valence-corrected chi connectivity index (χ1v) is 12.5. The third-order valence-corrected chi connectivity index (χ3v) is 9.59. The number of amides is 1. The fourth-order valence-electron chi connectivity index (χ4n) is 5.19. The molecule has 2 unspecified atom stereocenters. The van der Waals surface area contributed by atoms with Gasteiger partial charge in [0.1, 0.15) is 33.6 Å². The zero-order chi connectivity index (χ0) is 24.0. The van der Waals surface area contributed by atoms with Gasteiger partial charge in [0.15, 0.2) is 9.84 Å². The molecule has 0 saturated heterocycles. The second-order valence-electron chi connectivity index (χ2n) is 9.06. The number of hydrogen-bond donors (Lipinski definition) is 3. The van der Waals surface area contributed by atoms with Crippen LogP contribution < -0.4 is 16.8 Å². The van der Waals surface area contributed by atoms with Gasteiger partial charge in [-0.05, 0) is 37.1 Å². The lowest BCUT2D eigenvalue weighted by Crippen LogP contribution is -2.66. The lowest BCUT2D eigenvalue weighted by atomic mass is 9.77. The SMILES string of the molecule is CC1C(NC(=O)c2ccc(F)cn2)=CC=C(F)C1[C@]1(N)CS(=O)(=O)C2(CCCCC2)C(N)=N1. The van der Waals surface area contributed by atoms with E-state index in [9.17, 15) is 17.6 Å². The number of nitrogens with zero attached hydrogens (tertiary/aromatic N) is 2. The summed E-state index contributed by atoms with van der Waals surface area (Å²) in [6, 6.07) is 2.32. The average Bonchev–Trinajstić information content (AvgIpc) is 2.75. The summed E-state index contributed by atoms with van der Waals surface area (Å²) in [6.07, 6.45) is 6.55. The van der Waals surface area contributed by atoms with E-state index in [4.69, 9.17) is 11.5 Å². The summed E-state index contributed by atoms with van der Waals surface area (Å²) in [6.45, 7) is 1.62. The quantitative estimate of drug-likeness (QED) is 0.606. The van der Waals surface area contributed by atoms with Crippen molar-refractivity contribution in [1.29, 1.82) is 0 Å². The zero-order valence-electron chi connectivity index (χ0n) is 18.2. The molecule has 178 valence electrons. The van der Waals surface area contributed by atoms with Gasteiger partial charge in [0.05, 0.1) is 17.9 Å². The first-order valence-electron chi connectivity index (χ1n) is 10.9. The zero-order valence-corrected chi connectivity index (χ0v) is 19.0. The van der Waals surface area contributed by atoms with Crippen molar-refractivity contribution in [3.05, 3.63) is 53.5 Å². The highest BCUT2D eigenvalue weighted by Gasteiger charge is 2.58. The Bertz CT molecular complexity index is 1160. The van der Waals surface area contributed by atoms with Crippen LogP contribution in [0, 0.1) is 17.7 Å². The van der Waals surface area contributed by atoms with E-state index in [-0.39, 0.29) is 11.5 Å². The van der Waals surface area contributed by atoms with E-state index in [2.05, 4.69) is 15.3 Å². The normalized spacial score (nSPS) is 30.7. The van der Waals surface area contributed by atoms with Crippen molar-refractivity contribution in [1.82, 2.24) is 10.3 Å². The molecule has 11 heteroatoms. The van der Waals surface area contributed by atoms with Crippen LogP contribution in [-0.2, 0) is 9.84 Å². The molecule has 33 heavy (non-hydrogen) atoms. The number of rotatable bonds is 3. The second kappa shape index (κ2) is 8.28. The van der Waals surface area contributed by atoms with Crippen molar-refractivity contribution in [3.8, 4) is 0 Å². The van der Waals surface area contributed by atoms with Crippen LogP contribution in [0.25, 0.3) is 0 Å². The molecule has 1 aliphatic heterocycles. The molecule has 1 spiro atoms. The highest BCUT2D eigenvalue weighted by Crippen LogP contribution is 2.46. The average molecular weight is 480 g/mol. The van der Waals surface area contributed by atoms with Crippen LogP contribution in [-0.4, -0.2) is 41.3 Å². The molecule has 8 nitrogen and oxygen atoms in total. The van der Waals surface area contributed by atoms with Crippen molar-refractivity contribution >= 4 is 21.6 Å². The maximum Gasteiger partial charge on any atom is 0.274 e. The number of halogens is 2. The number of carbonyl (C=O) groups excluding carboxylic acids is 1. The number of amidine groups is 1. The van der Waals surface area contributed by atoms with E-state index < -0.39 is 55.4 Å². The Labute approximate surface area is 191 Å². The number of pyridine rings is 1. The van der Waals surface area contributed by atoms with Crippen LogP contribution >= 0.6 is 0 Å². The third kappa shape index (κ3) is 3.97. The molecule has 2 aliphatic carbocycles. The molecule has 1 aromatic heterocycles. The highest BCUT2D eigenvalue weighted by atomic mass is 32.2. The summed E-state index contributed by atoms with van der Waals surface area (Å²) in [7, 11) is -3.81. The highest BCUT2D eigenvalue weighted by molar-refractivity contribution is 7.93. The van der Waals surface area contributed by atoms with Gasteiger partial charge in [0, 0.05) is 11.6 Å². The summed E-state index contributed by atoms with van der Waals surface area (Å²) in [5.41, 5.74) is 11.1. The Morgan fingerprint density at radius 2 is 1.88 bits per heavy atom. The Balaban J connectivity index is 1.64. The van der Waals surface area contributed by atoms with E-state index in [0.29, 0.717) is 18.5 Å². The van der Waals surface area contributed by atoms with Crippen molar-refractivity contribution in [2.75, 3.05) is 5.75 Å². The minimum atomic E-state index is -3.81. The number of aromatic nitrogens is 1. The number of allylic oxidation sites excluding steroid dienone is 3. The molecule has 1 amide bonds. The molecule has 0 bridgehead atoms. The Morgan fingerprint density at radius 1 is 1.18 bits per heavy atom. The second-order valence-corrected chi connectivity index (χ2v) is 11.4. The van der Waals surface area contributed by atoms with Gasteiger partial charge in [-0.3, -0.25) is 4.79 Å². The molecule has 1 fully saturated rings. The summed E-state index contributed by atoms with van der Waals surface area (Å²) in [5, 5.41) is 2.64. The number of carbonyl (C=O) groups is 1. The van der Waals surface area contributed by atoms with Gasteiger partial charge in [-0.1, -0.05) is 26.2 Å². The van der Waals surface area contributed by atoms with Crippen LogP contribution in [0.4, 0.5) is 8.78 Å². The summed E-state index contributed by atoms with van der Waals surface area (Å²) in [4.78, 5) is 20.7. The largest absolute Gasteiger partial charge is 0.386 e. The first kappa shape index (κ1) is 23.5. The lowest BCUT2D eigenvalue weighted by molar-refractivity contribution is 0.0950. The molecule has 3 aliphatic rings. The Hall–Kier alpha value is -2.66. The van der Waals surface area contributed by atoms with Crippen LogP contribution in [0.5, 0.6) is 0 Å². The van der Waals surface area contributed by atoms with Crippen LogP contribution in [0.2, 0.25) is 0 Å². The number of nitrogens with two attached hydrogens (primary N) is 2.